The van der Waals surface area contributed by atoms with Crippen LogP contribution in [0.4, 0.5) is 4.79 Å². The van der Waals surface area contributed by atoms with Gasteiger partial charge >= 0.3 is 6.03 Å². The maximum Gasteiger partial charge on any atom is 0.334 e. The molecule has 0 heterocycles. The van der Waals surface area contributed by atoms with E-state index in [0.717, 1.165) is 22.3 Å². The molecular formula is C38H55N7O5. The number of carbonyl (C=O) groups excluding carboxylic acids is 5. The summed E-state index contributed by atoms with van der Waals surface area (Å²) in [5, 5.41) is 8.27. The van der Waals surface area contributed by atoms with Gasteiger partial charge in [-0.2, -0.15) is 0 Å². The average molecular weight is 690 g/mol. The second kappa shape index (κ2) is 21.2. The number of allylic oxidation sites excluding steroid dienone is 1. The molecule has 12 nitrogen and oxygen atoms in total. The lowest BCUT2D eigenvalue weighted by molar-refractivity contribution is -0.132. The zero-order valence-electron chi connectivity index (χ0n) is 30.5. The number of Topliss-reactive ketones (excluding diaryl/α,β-unsaturated/α-hetero) is 1. The fourth-order valence-corrected chi connectivity index (χ4v) is 5.40. The van der Waals surface area contributed by atoms with Crippen molar-refractivity contribution in [1.82, 2.24) is 26.8 Å². The number of urea groups is 1. The first-order valence-corrected chi connectivity index (χ1v) is 17.2. The van der Waals surface area contributed by atoms with Gasteiger partial charge in [0.25, 0.3) is 0 Å². The Morgan fingerprint density at radius 1 is 0.800 bits per heavy atom. The minimum atomic E-state index is -1.02. The molecule has 272 valence electrons. The zero-order valence-corrected chi connectivity index (χ0v) is 30.5. The molecule has 50 heavy (non-hydrogen) atoms. The Balaban J connectivity index is 2.15. The molecule has 7 N–H and O–H groups in total. The number of benzene rings is 2. The highest BCUT2D eigenvalue weighted by atomic mass is 16.2. The molecule has 0 aromatic heterocycles. The van der Waals surface area contributed by atoms with Crippen molar-refractivity contribution in [3.05, 3.63) is 77.4 Å². The minimum absolute atomic E-state index is 0.00321. The van der Waals surface area contributed by atoms with Crippen LogP contribution in [0.1, 0.15) is 83.9 Å². The highest BCUT2D eigenvalue weighted by molar-refractivity contribution is 5.95. The molecular weight excluding hydrogens is 634 g/mol. The zero-order chi connectivity index (χ0) is 37.2. The summed E-state index contributed by atoms with van der Waals surface area (Å²) in [6, 6.07) is 13.7. The van der Waals surface area contributed by atoms with Crippen molar-refractivity contribution in [2.75, 3.05) is 6.54 Å². The highest BCUT2D eigenvalue weighted by Crippen LogP contribution is 2.23. The molecule has 12 heteroatoms. The predicted molar refractivity (Wildman–Crippen MR) is 198 cm³/mol. The van der Waals surface area contributed by atoms with Gasteiger partial charge in [0.15, 0.2) is 5.78 Å². The van der Waals surface area contributed by atoms with Crippen LogP contribution in [0.5, 0.6) is 0 Å². The largest absolute Gasteiger partial charge is 0.388 e. The number of aliphatic imine (C=N–C) groups is 1. The number of hydrazine groups is 1. The Labute approximate surface area is 296 Å². The summed E-state index contributed by atoms with van der Waals surface area (Å²) < 4.78 is 0. The first kappa shape index (κ1) is 41.2. The number of amidine groups is 1. The van der Waals surface area contributed by atoms with E-state index in [-0.39, 0.29) is 36.9 Å². The molecule has 2 rings (SSSR count). The van der Waals surface area contributed by atoms with Crippen molar-refractivity contribution in [3.63, 3.8) is 0 Å². The maximum atomic E-state index is 13.7. The molecule has 2 aromatic carbocycles. The summed E-state index contributed by atoms with van der Waals surface area (Å²) in [5.74, 6) is -1.73. The van der Waals surface area contributed by atoms with E-state index >= 15 is 0 Å². The van der Waals surface area contributed by atoms with E-state index in [4.69, 9.17) is 5.73 Å². The summed E-state index contributed by atoms with van der Waals surface area (Å²) in [6.45, 7) is 12.8. The maximum absolute atomic E-state index is 13.7. The second-order valence-electron chi connectivity index (χ2n) is 13.1. The SMILES string of the molecule is C/C=C(/C[C@H](NC(=O)[C@H](CCCN=C(C)N)NC(=O)[C@H](CC(C)C)NC(=O)NNC(=O)[C@@H](C)Cc1ccccc1)C(C)=O)c1ccccc1C. The van der Waals surface area contributed by atoms with Crippen molar-refractivity contribution < 1.29 is 24.0 Å². The number of nitrogens with zero attached hydrogens (tertiary/aromatic N) is 1. The number of ketones is 1. The lowest BCUT2D eigenvalue weighted by Crippen LogP contribution is -2.58. The van der Waals surface area contributed by atoms with Gasteiger partial charge in [-0.05, 0) is 81.6 Å². The number of hydrogen-bond acceptors (Lipinski definition) is 6. The van der Waals surface area contributed by atoms with Crippen molar-refractivity contribution in [2.24, 2.45) is 22.6 Å². The van der Waals surface area contributed by atoms with Crippen molar-refractivity contribution >= 4 is 40.9 Å². The molecule has 0 spiro atoms. The van der Waals surface area contributed by atoms with Crippen LogP contribution in [0.3, 0.4) is 0 Å². The third-order valence-electron chi connectivity index (χ3n) is 8.18. The number of aryl methyl sites for hydroxylation is 1. The standard InChI is InChI=1S/C38H55N7O5/c1-8-30(31-18-13-12-15-25(31)4)23-33(27(6)46)42-36(48)32(19-14-20-40-28(7)39)41-37(49)34(21-24(2)3)43-38(50)45-44-35(47)26(5)22-29-16-10-9-11-17-29/h8-13,15-18,24,26,32-34H,14,19-23H2,1-7H3,(H2,39,40)(H,41,49)(H,42,48)(H,44,47)(H2,43,45,50)/b30-8-/t26-,32-,33-,34-/m0/s1. The Hall–Kier alpha value is -5.00. The summed E-state index contributed by atoms with van der Waals surface area (Å²) in [5.41, 5.74) is 14.4. The van der Waals surface area contributed by atoms with Crippen LogP contribution in [0.15, 0.2) is 65.7 Å². The summed E-state index contributed by atoms with van der Waals surface area (Å²) in [6.07, 6.45) is 3.59. The molecule has 0 bridgehead atoms. The quantitative estimate of drug-likeness (QED) is 0.0592. The monoisotopic (exact) mass is 689 g/mol. The lowest BCUT2D eigenvalue weighted by atomic mass is 9.93. The predicted octanol–water partition coefficient (Wildman–Crippen LogP) is 4.13. The van der Waals surface area contributed by atoms with Crippen molar-refractivity contribution in [1.29, 1.82) is 0 Å². The Bertz CT molecular complexity index is 1500. The van der Waals surface area contributed by atoms with Gasteiger partial charge in [0.2, 0.25) is 17.7 Å². The fraction of sp³-hybridized carbons (Fsp3) is 0.474. The smallest absolute Gasteiger partial charge is 0.334 e. The molecule has 0 unspecified atom stereocenters. The van der Waals surface area contributed by atoms with E-state index in [1.807, 2.05) is 88.4 Å². The average Bonchev–Trinajstić information content (AvgIpc) is 3.06. The molecule has 4 atom stereocenters. The first-order valence-electron chi connectivity index (χ1n) is 17.2. The summed E-state index contributed by atoms with van der Waals surface area (Å²) in [4.78, 5) is 69.8. The Morgan fingerprint density at radius 3 is 2.02 bits per heavy atom. The summed E-state index contributed by atoms with van der Waals surface area (Å²) in [7, 11) is 0. The molecule has 0 aliphatic rings. The molecule has 5 amide bonds. The Morgan fingerprint density at radius 2 is 1.42 bits per heavy atom. The normalized spacial score (nSPS) is 14.2. The molecule has 0 aliphatic heterocycles. The lowest BCUT2D eigenvalue weighted by Gasteiger charge is -2.26. The molecule has 0 fully saturated rings. The van der Waals surface area contributed by atoms with Crippen LogP contribution in [-0.4, -0.2) is 60.0 Å². The van der Waals surface area contributed by atoms with Crippen LogP contribution < -0.4 is 32.5 Å². The van der Waals surface area contributed by atoms with Crippen LogP contribution in [0.25, 0.3) is 5.57 Å². The van der Waals surface area contributed by atoms with Gasteiger partial charge in [0, 0.05) is 18.9 Å². The van der Waals surface area contributed by atoms with Crippen LogP contribution >= 0.6 is 0 Å². The number of rotatable bonds is 18. The first-order chi connectivity index (χ1) is 23.7. The number of carbonyl (C=O) groups is 5. The van der Waals surface area contributed by atoms with E-state index in [1.165, 1.54) is 6.92 Å². The number of nitrogens with one attached hydrogen (secondary N) is 5. The van der Waals surface area contributed by atoms with Crippen molar-refractivity contribution in [3.8, 4) is 0 Å². The van der Waals surface area contributed by atoms with Gasteiger partial charge in [-0.1, -0.05) is 81.4 Å². The molecule has 0 saturated heterocycles. The fourth-order valence-electron chi connectivity index (χ4n) is 5.40. The van der Waals surface area contributed by atoms with Gasteiger partial charge in [0.05, 0.1) is 11.9 Å². The van der Waals surface area contributed by atoms with E-state index in [2.05, 4.69) is 31.8 Å². The Kier molecular flexibility index (Phi) is 17.4. The highest BCUT2D eigenvalue weighted by Gasteiger charge is 2.30. The van der Waals surface area contributed by atoms with Gasteiger partial charge in [-0.25, -0.2) is 10.2 Å². The second-order valence-corrected chi connectivity index (χ2v) is 13.1. The summed E-state index contributed by atoms with van der Waals surface area (Å²) >= 11 is 0. The van der Waals surface area contributed by atoms with Gasteiger partial charge < -0.3 is 21.7 Å². The van der Waals surface area contributed by atoms with Crippen LogP contribution in [0, 0.1) is 18.8 Å². The van der Waals surface area contributed by atoms with Gasteiger partial charge in [-0.3, -0.25) is 29.6 Å². The molecule has 0 radical (unpaired) electrons. The molecule has 0 saturated carbocycles. The van der Waals surface area contributed by atoms with E-state index in [1.54, 1.807) is 13.8 Å². The third kappa shape index (κ3) is 14.6. The van der Waals surface area contributed by atoms with Crippen molar-refractivity contribution in [2.45, 2.75) is 98.7 Å². The topological polar surface area (TPSA) is 184 Å². The van der Waals surface area contributed by atoms with E-state index in [0.29, 0.717) is 25.2 Å². The number of hydrogen-bond donors (Lipinski definition) is 6. The minimum Gasteiger partial charge on any atom is -0.388 e. The van der Waals surface area contributed by atoms with Gasteiger partial charge in [-0.15, -0.1) is 0 Å². The van der Waals surface area contributed by atoms with Crippen LogP contribution in [0.2, 0.25) is 0 Å². The molecule has 0 aliphatic carbocycles. The van der Waals surface area contributed by atoms with Crippen LogP contribution in [-0.2, 0) is 25.6 Å². The number of nitrogens with two attached hydrogens (primary N) is 1. The van der Waals surface area contributed by atoms with Gasteiger partial charge in [0.1, 0.15) is 12.1 Å². The van der Waals surface area contributed by atoms with E-state index < -0.39 is 41.9 Å². The molecule has 2 aromatic rings. The van der Waals surface area contributed by atoms with E-state index in [9.17, 15) is 24.0 Å². The number of amides is 5. The third-order valence-corrected chi connectivity index (χ3v) is 8.18.